The first-order valence-corrected chi connectivity index (χ1v) is 4.37. The Kier molecular flexibility index (Phi) is 2.28. The molecule has 2 N–H and O–H groups in total. The van der Waals surface area contributed by atoms with Crippen molar-refractivity contribution in [2.24, 2.45) is 4.99 Å². The van der Waals surface area contributed by atoms with Gasteiger partial charge in [-0.1, -0.05) is 0 Å². The van der Waals surface area contributed by atoms with Gasteiger partial charge in [-0.25, -0.2) is 4.99 Å². The lowest BCUT2D eigenvalue weighted by Gasteiger charge is -2.17. The largest absolute Gasteiger partial charge is 0.368 e. The molecule has 0 bridgehead atoms. The van der Waals surface area contributed by atoms with Gasteiger partial charge in [-0.15, -0.1) is 0 Å². The zero-order valence-electron chi connectivity index (χ0n) is 7.81. The Morgan fingerprint density at radius 2 is 2.07 bits per heavy atom. The molecule has 0 saturated heterocycles. The highest BCUT2D eigenvalue weighted by atomic mass is 16.3. The second-order valence-electron chi connectivity index (χ2n) is 3.10. The Morgan fingerprint density at radius 1 is 1.36 bits per heavy atom. The number of aliphatic hydroxyl groups is 1. The summed E-state index contributed by atoms with van der Waals surface area (Å²) < 4.78 is 0. The number of aliphatic imine (C=N–C) groups is 1. The lowest BCUT2D eigenvalue weighted by molar-refractivity contribution is 0.230. The molecular weight excluding hydrogens is 178 g/mol. The molecular formula is C10H11N3O. The minimum absolute atomic E-state index is 0.680. The molecule has 0 aromatic carbocycles. The van der Waals surface area contributed by atoms with E-state index in [2.05, 4.69) is 15.3 Å². The van der Waals surface area contributed by atoms with E-state index in [1.807, 2.05) is 19.1 Å². The topological polar surface area (TPSA) is 57.5 Å². The SMILES string of the molecule is CC1=C[C@H](O)N=C(c2ccncc2)N1. The molecule has 4 heteroatoms. The van der Waals surface area contributed by atoms with E-state index in [1.54, 1.807) is 18.5 Å². The molecule has 1 aromatic rings. The zero-order chi connectivity index (χ0) is 9.97. The van der Waals surface area contributed by atoms with E-state index >= 15 is 0 Å². The Hall–Kier alpha value is -1.68. The number of aliphatic hydroxyl groups excluding tert-OH is 1. The molecule has 2 rings (SSSR count). The van der Waals surface area contributed by atoms with Crippen LogP contribution in [-0.4, -0.2) is 22.2 Å². The number of allylic oxidation sites excluding steroid dienone is 1. The summed E-state index contributed by atoms with van der Waals surface area (Å²) in [6.45, 7) is 1.89. The van der Waals surface area contributed by atoms with Crippen molar-refractivity contribution in [1.82, 2.24) is 10.3 Å². The normalized spacial score (nSPS) is 20.9. The van der Waals surface area contributed by atoms with Crippen LogP contribution >= 0.6 is 0 Å². The third-order valence-corrected chi connectivity index (χ3v) is 1.93. The number of nitrogens with zero attached hydrogens (tertiary/aromatic N) is 2. The van der Waals surface area contributed by atoms with Gasteiger partial charge < -0.3 is 10.4 Å². The van der Waals surface area contributed by atoms with E-state index in [0.29, 0.717) is 5.84 Å². The molecule has 14 heavy (non-hydrogen) atoms. The molecule has 1 aliphatic rings. The van der Waals surface area contributed by atoms with Crippen molar-refractivity contribution >= 4 is 5.84 Å². The highest BCUT2D eigenvalue weighted by molar-refractivity contribution is 6.00. The Morgan fingerprint density at radius 3 is 2.71 bits per heavy atom. The summed E-state index contributed by atoms with van der Waals surface area (Å²) in [6.07, 6.45) is 4.29. The average Bonchev–Trinajstić information content (AvgIpc) is 2.18. The number of amidine groups is 1. The fraction of sp³-hybridized carbons (Fsp3) is 0.200. The molecule has 0 amide bonds. The maximum absolute atomic E-state index is 9.39. The van der Waals surface area contributed by atoms with E-state index in [0.717, 1.165) is 11.3 Å². The van der Waals surface area contributed by atoms with Crippen LogP contribution in [0.25, 0.3) is 0 Å². The number of hydrogen-bond acceptors (Lipinski definition) is 4. The molecule has 1 aliphatic heterocycles. The Labute approximate surface area is 82.0 Å². The predicted octanol–water partition coefficient (Wildman–Crippen LogP) is 0.654. The number of pyridine rings is 1. The highest BCUT2D eigenvalue weighted by Crippen LogP contribution is 2.07. The maximum atomic E-state index is 9.39. The zero-order valence-corrected chi connectivity index (χ0v) is 7.81. The summed E-state index contributed by atoms with van der Waals surface area (Å²) in [4.78, 5) is 7.98. The number of rotatable bonds is 1. The van der Waals surface area contributed by atoms with Gasteiger partial charge in [0.05, 0.1) is 0 Å². The molecule has 0 spiro atoms. The fourth-order valence-corrected chi connectivity index (χ4v) is 1.31. The lowest BCUT2D eigenvalue weighted by Crippen LogP contribution is -2.29. The summed E-state index contributed by atoms with van der Waals surface area (Å²) >= 11 is 0. The van der Waals surface area contributed by atoms with Gasteiger partial charge >= 0.3 is 0 Å². The smallest absolute Gasteiger partial charge is 0.168 e. The third-order valence-electron chi connectivity index (χ3n) is 1.93. The van der Waals surface area contributed by atoms with Gasteiger partial charge in [-0.05, 0) is 25.1 Å². The van der Waals surface area contributed by atoms with Gasteiger partial charge in [0.1, 0.15) is 5.84 Å². The van der Waals surface area contributed by atoms with Crippen molar-refractivity contribution < 1.29 is 5.11 Å². The lowest BCUT2D eigenvalue weighted by atomic mass is 10.2. The second-order valence-corrected chi connectivity index (χ2v) is 3.10. The summed E-state index contributed by atoms with van der Waals surface area (Å²) in [5, 5.41) is 12.5. The molecule has 0 unspecified atom stereocenters. The predicted molar refractivity (Wildman–Crippen MR) is 53.7 cm³/mol. The van der Waals surface area contributed by atoms with Crippen LogP contribution in [0.15, 0.2) is 41.3 Å². The van der Waals surface area contributed by atoms with Crippen molar-refractivity contribution in [3.63, 3.8) is 0 Å². The molecule has 72 valence electrons. The van der Waals surface area contributed by atoms with E-state index in [-0.39, 0.29) is 0 Å². The number of aromatic nitrogens is 1. The van der Waals surface area contributed by atoms with Crippen LogP contribution in [0.3, 0.4) is 0 Å². The second kappa shape index (κ2) is 3.59. The first-order chi connectivity index (χ1) is 6.75. The number of hydrogen-bond donors (Lipinski definition) is 2. The van der Waals surface area contributed by atoms with Crippen molar-refractivity contribution in [3.8, 4) is 0 Å². The Balaban J connectivity index is 2.29. The van der Waals surface area contributed by atoms with E-state index < -0.39 is 6.23 Å². The van der Waals surface area contributed by atoms with E-state index in [1.165, 1.54) is 0 Å². The van der Waals surface area contributed by atoms with Gasteiger partial charge in [0.2, 0.25) is 0 Å². The standard InChI is InChI=1S/C10H11N3O/c1-7-6-9(14)13-10(12-7)8-2-4-11-5-3-8/h2-6,9,14H,1H3,(H,12,13)/t9-/m0/s1. The fourth-order valence-electron chi connectivity index (χ4n) is 1.31. The molecule has 1 atom stereocenters. The maximum Gasteiger partial charge on any atom is 0.168 e. The highest BCUT2D eigenvalue weighted by Gasteiger charge is 2.11. The molecule has 1 aromatic heterocycles. The van der Waals surface area contributed by atoms with E-state index in [4.69, 9.17) is 0 Å². The summed E-state index contributed by atoms with van der Waals surface area (Å²) in [5.41, 5.74) is 1.82. The first-order valence-electron chi connectivity index (χ1n) is 4.37. The monoisotopic (exact) mass is 189 g/mol. The van der Waals surface area contributed by atoms with Crippen LogP contribution in [0.1, 0.15) is 12.5 Å². The molecule has 0 saturated carbocycles. The summed E-state index contributed by atoms with van der Waals surface area (Å²) in [7, 11) is 0. The van der Waals surface area contributed by atoms with Crippen molar-refractivity contribution in [3.05, 3.63) is 41.9 Å². The quantitative estimate of drug-likeness (QED) is 0.682. The van der Waals surface area contributed by atoms with Crippen LogP contribution in [0.2, 0.25) is 0 Å². The van der Waals surface area contributed by atoms with Crippen LogP contribution in [0, 0.1) is 0 Å². The minimum atomic E-state index is -0.751. The average molecular weight is 189 g/mol. The number of nitrogens with one attached hydrogen (secondary N) is 1. The third kappa shape index (κ3) is 1.80. The minimum Gasteiger partial charge on any atom is -0.368 e. The summed E-state index contributed by atoms with van der Waals surface area (Å²) in [6, 6.07) is 3.69. The van der Waals surface area contributed by atoms with Gasteiger partial charge in [0.25, 0.3) is 0 Å². The molecule has 0 fully saturated rings. The van der Waals surface area contributed by atoms with Crippen LogP contribution in [-0.2, 0) is 0 Å². The van der Waals surface area contributed by atoms with Crippen molar-refractivity contribution in [2.45, 2.75) is 13.2 Å². The van der Waals surface area contributed by atoms with Crippen LogP contribution < -0.4 is 5.32 Å². The molecule has 0 aliphatic carbocycles. The van der Waals surface area contributed by atoms with Crippen molar-refractivity contribution in [2.75, 3.05) is 0 Å². The molecule has 0 radical (unpaired) electrons. The van der Waals surface area contributed by atoms with Crippen LogP contribution in [0.5, 0.6) is 0 Å². The van der Waals surface area contributed by atoms with Gasteiger partial charge in [-0.2, -0.15) is 0 Å². The summed E-state index contributed by atoms with van der Waals surface area (Å²) in [5.74, 6) is 0.680. The molecule has 4 nitrogen and oxygen atoms in total. The Bertz CT molecular complexity index is 384. The van der Waals surface area contributed by atoms with Gasteiger partial charge in [0.15, 0.2) is 6.23 Å². The first kappa shape index (κ1) is 8.90. The van der Waals surface area contributed by atoms with E-state index in [9.17, 15) is 5.11 Å². The van der Waals surface area contributed by atoms with Crippen molar-refractivity contribution in [1.29, 1.82) is 0 Å². The molecule has 2 heterocycles. The van der Waals surface area contributed by atoms with Gasteiger partial charge in [0, 0.05) is 23.7 Å². The van der Waals surface area contributed by atoms with Crippen LogP contribution in [0.4, 0.5) is 0 Å². The van der Waals surface area contributed by atoms with Gasteiger partial charge in [-0.3, -0.25) is 4.98 Å².